The van der Waals surface area contributed by atoms with E-state index in [1.165, 1.54) is 54.6 Å². The molecule has 0 saturated carbocycles. The summed E-state index contributed by atoms with van der Waals surface area (Å²) in [5, 5.41) is 0. The van der Waals surface area contributed by atoms with Crippen molar-refractivity contribution < 1.29 is 0 Å². The van der Waals surface area contributed by atoms with E-state index in [0.717, 1.165) is 12.6 Å². The van der Waals surface area contributed by atoms with Crippen molar-refractivity contribution in [3.05, 3.63) is 33.4 Å². The molecular formula is C16H24IN3. The van der Waals surface area contributed by atoms with Crippen LogP contribution in [0.25, 0.3) is 0 Å². The second-order valence-electron chi connectivity index (χ2n) is 6.18. The van der Waals surface area contributed by atoms with Crippen molar-refractivity contribution in [1.82, 2.24) is 9.80 Å². The second kappa shape index (κ2) is 6.73. The van der Waals surface area contributed by atoms with Crippen LogP contribution < -0.4 is 5.73 Å². The Balaban J connectivity index is 1.50. The van der Waals surface area contributed by atoms with Crippen LogP contribution in [0.15, 0.2) is 24.3 Å². The Morgan fingerprint density at radius 3 is 2.45 bits per heavy atom. The van der Waals surface area contributed by atoms with Gasteiger partial charge in [0.1, 0.15) is 0 Å². The van der Waals surface area contributed by atoms with Crippen molar-refractivity contribution in [3.63, 3.8) is 0 Å². The fourth-order valence-electron chi connectivity index (χ4n) is 3.39. The number of likely N-dealkylation sites (tertiary alicyclic amines) is 2. The summed E-state index contributed by atoms with van der Waals surface area (Å²) < 4.78 is 1.32. The van der Waals surface area contributed by atoms with E-state index >= 15 is 0 Å². The third kappa shape index (κ3) is 3.72. The van der Waals surface area contributed by atoms with Gasteiger partial charge in [0.15, 0.2) is 0 Å². The molecule has 0 spiro atoms. The molecule has 3 rings (SSSR count). The van der Waals surface area contributed by atoms with Crippen LogP contribution in [-0.2, 0) is 6.54 Å². The molecule has 2 saturated heterocycles. The average molecular weight is 385 g/mol. The first-order chi connectivity index (χ1) is 9.70. The maximum atomic E-state index is 6.00. The van der Waals surface area contributed by atoms with Gasteiger partial charge >= 0.3 is 0 Å². The van der Waals surface area contributed by atoms with Crippen molar-refractivity contribution in [1.29, 1.82) is 0 Å². The van der Waals surface area contributed by atoms with E-state index in [9.17, 15) is 0 Å². The summed E-state index contributed by atoms with van der Waals surface area (Å²) in [4.78, 5) is 5.26. The zero-order valence-electron chi connectivity index (χ0n) is 12.0. The summed E-state index contributed by atoms with van der Waals surface area (Å²) >= 11 is 2.36. The molecule has 0 aromatic heterocycles. The van der Waals surface area contributed by atoms with E-state index in [1.807, 2.05) is 0 Å². The fourth-order valence-corrected chi connectivity index (χ4v) is 3.75. The third-order valence-electron chi connectivity index (χ3n) is 4.66. The summed E-state index contributed by atoms with van der Waals surface area (Å²) in [6.45, 7) is 5.95. The molecule has 2 fully saturated rings. The molecule has 3 nitrogen and oxygen atoms in total. The number of nitrogens with zero attached hydrogens (tertiary/aromatic N) is 2. The van der Waals surface area contributed by atoms with E-state index in [2.05, 4.69) is 56.7 Å². The van der Waals surface area contributed by atoms with Crippen LogP contribution in [0.1, 0.15) is 24.8 Å². The van der Waals surface area contributed by atoms with E-state index in [4.69, 9.17) is 5.73 Å². The van der Waals surface area contributed by atoms with Gasteiger partial charge in [0, 0.05) is 35.3 Å². The van der Waals surface area contributed by atoms with Crippen molar-refractivity contribution in [2.75, 3.05) is 26.2 Å². The number of nitrogens with two attached hydrogens (primary N) is 1. The summed E-state index contributed by atoms with van der Waals surface area (Å²) in [5.41, 5.74) is 7.44. The van der Waals surface area contributed by atoms with Crippen molar-refractivity contribution >= 4 is 22.6 Å². The summed E-state index contributed by atoms with van der Waals surface area (Å²) in [6, 6.07) is 10.1. The van der Waals surface area contributed by atoms with Crippen LogP contribution in [0.3, 0.4) is 0 Å². The number of piperidine rings is 1. The maximum absolute atomic E-state index is 6.00. The van der Waals surface area contributed by atoms with Gasteiger partial charge < -0.3 is 5.73 Å². The van der Waals surface area contributed by atoms with Crippen LogP contribution in [0, 0.1) is 3.57 Å². The Morgan fingerprint density at radius 1 is 1.05 bits per heavy atom. The summed E-state index contributed by atoms with van der Waals surface area (Å²) in [7, 11) is 0. The zero-order chi connectivity index (χ0) is 13.9. The van der Waals surface area contributed by atoms with E-state index < -0.39 is 0 Å². The highest BCUT2D eigenvalue weighted by Gasteiger charge is 2.29. The average Bonchev–Trinajstić information content (AvgIpc) is 2.91. The monoisotopic (exact) mass is 385 g/mol. The Hall–Kier alpha value is -0.170. The molecule has 1 aromatic carbocycles. The minimum atomic E-state index is 0.440. The Kier molecular flexibility index (Phi) is 4.96. The topological polar surface area (TPSA) is 32.5 Å². The quantitative estimate of drug-likeness (QED) is 0.811. The lowest BCUT2D eigenvalue weighted by atomic mass is 10.0. The highest BCUT2D eigenvalue weighted by Crippen LogP contribution is 2.21. The van der Waals surface area contributed by atoms with Crippen LogP contribution in [0.4, 0.5) is 0 Å². The molecule has 0 amide bonds. The fraction of sp³-hybridized carbons (Fsp3) is 0.625. The van der Waals surface area contributed by atoms with Gasteiger partial charge in [-0.3, -0.25) is 9.80 Å². The molecule has 2 aliphatic heterocycles. The molecule has 0 radical (unpaired) electrons. The first-order valence-corrected chi connectivity index (χ1v) is 8.75. The van der Waals surface area contributed by atoms with E-state index in [1.54, 1.807) is 0 Å². The molecule has 20 heavy (non-hydrogen) atoms. The zero-order valence-corrected chi connectivity index (χ0v) is 14.1. The number of halogens is 1. The number of hydrogen-bond acceptors (Lipinski definition) is 3. The van der Waals surface area contributed by atoms with Crippen LogP contribution in [0.5, 0.6) is 0 Å². The van der Waals surface area contributed by atoms with Gasteiger partial charge in [-0.25, -0.2) is 0 Å². The molecule has 4 heteroatoms. The molecular weight excluding hydrogens is 361 g/mol. The molecule has 1 unspecified atom stereocenters. The maximum Gasteiger partial charge on any atom is 0.0235 e. The molecule has 1 aromatic rings. The van der Waals surface area contributed by atoms with Gasteiger partial charge in [-0.2, -0.15) is 0 Å². The molecule has 0 bridgehead atoms. The van der Waals surface area contributed by atoms with Gasteiger partial charge in [0.05, 0.1) is 0 Å². The van der Waals surface area contributed by atoms with E-state index in [0.29, 0.717) is 6.04 Å². The number of rotatable bonds is 3. The minimum Gasteiger partial charge on any atom is -0.328 e. The third-order valence-corrected chi connectivity index (χ3v) is 5.38. The highest BCUT2D eigenvalue weighted by molar-refractivity contribution is 14.1. The van der Waals surface area contributed by atoms with Crippen LogP contribution in [-0.4, -0.2) is 48.1 Å². The van der Waals surface area contributed by atoms with Gasteiger partial charge in [0.2, 0.25) is 0 Å². The molecule has 0 aliphatic carbocycles. The molecule has 2 aliphatic rings. The Bertz CT molecular complexity index is 426. The molecule has 110 valence electrons. The van der Waals surface area contributed by atoms with Crippen molar-refractivity contribution in [2.24, 2.45) is 5.73 Å². The largest absolute Gasteiger partial charge is 0.328 e. The predicted octanol–water partition coefficient (Wildman–Crippen LogP) is 2.29. The van der Waals surface area contributed by atoms with Crippen molar-refractivity contribution in [3.8, 4) is 0 Å². The smallest absolute Gasteiger partial charge is 0.0235 e. The standard InChI is InChI=1S/C16H24IN3/c17-14-3-1-13(2-4-14)11-19-8-7-16(12-19)20-9-5-15(18)6-10-20/h1-4,15-16H,5-12,18H2. The summed E-state index contributed by atoms with van der Waals surface area (Å²) in [6.07, 6.45) is 3.67. The first kappa shape index (κ1) is 14.8. The van der Waals surface area contributed by atoms with Crippen molar-refractivity contribution in [2.45, 2.75) is 37.9 Å². The number of hydrogen-bond donors (Lipinski definition) is 1. The second-order valence-corrected chi connectivity index (χ2v) is 7.42. The molecule has 2 heterocycles. The summed E-state index contributed by atoms with van der Waals surface area (Å²) in [5.74, 6) is 0. The molecule has 2 N–H and O–H groups in total. The predicted molar refractivity (Wildman–Crippen MR) is 91.6 cm³/mol. The Labute approximate surface area is 135 Å². The lowest BCUT2D eigenvalue weighted by Gasteiger charge is -2.34. The number of benzene rings is 1. The van der Waals surface area contributed by atoms with Gasteiger partial charge in [0.25, 0.3) is 0 Å². The first-order valence-electron chi connectivity index (χ1n) is 7.67. The van der Waals surface area contributed by atoms with Crippen LogP contribution >= 0.6 is 22.6 Å². The highest BCUT2D eigenvalue weighted by atomic mass is 127. The molecule has 1 atom stereocenters. The normalized spacial score (nSPS) is 26.2. The van der Waals surface area contributed by atoms with Gasteiger partial charge in [-0.15, -0.1) is 0 Å². The lowest BCUT2D eigenvalue weighted by Crippen LogP contribution is -2.46. The SMILES string of the molecule is NC1CCN(C2CCN(Cc3ccc(I)cc3)C2)CC1. The minimum absolute atomic E-state index is 0.440. The van der Waals surface area contributed by atoms with Crippen LogP contribution in [0.2, 0.25) is 0 Å². The van der Waals surface area contributed by atoms with Gasteiger partial charge in [-0.05, 0) is 72.6 Å². The van der Waals surface area contributed by atoms with E-state index in [-0.39, 0.29) is 0 Å². The van der Waals surface area contributed by atoms with Gasteiger partial charge in [-0.1, -0.05) is 12.1 Å². The Morgan fingerprint density at radius 2 is 1.75 bits per heavy atom. The lowest BCUT2D eigenvalue weighted by molar-refractivity contribution is 0.151.